The van der Waals surface area contributed by atoms with Gasteiger partial charge in [-0.2, -0.15) is 0 Å². The molecule has 1 aromatic heterocycles. The molecule has 2 aliphatic rings. The summed E-state index contributed by atoms with van der Waals surface area (Å²) in [6, 6.07) is 9.51. The highest BCUT2D eigenvalue weighted by Crippen LogP contribution is 2.29. The summed E-state index contributed by atoms with van der Waals surface area (Å²) in [5, 5.41) is 4.93. The van der Waals surface area contributed by atoms with Crippen molar-refractivity contribution in [1.82, 2.24) is 9.88 Å². The molecule has 2 fully saturated rings. The molecule has 0 radical (unpaired) electrons. The normalized spacial score (nSPS) is 18.8. The molecule has 1 heterocycles. The molecular weight excluding hydrogens is 248 g/mol. The minimum Gasteiger partial charge on any atom is -0.360 e. The minimum absolute atomic E-state index is 0.681. The smallest absolute Gasteiger partial charge is 0.122 e. The van der Waals surface area contributed by atoms with Crippen LogP contribution in [0.1, 0.15) is 31.2 Å². The van der Waals surface area contributed by atoms with Crippen LogP contribution in [-0.2, 0) is 18.0 Å². The van der Waals surface area contributed by atoms with Gasteiger partial charge in [-0.3, -0.25) is 0 Å². The molecule has 0 atom stereocenters. The van der Waals surface area contributed by atoms with Gasteiger partial charge in [-0.1, -0.05) is 18.2 Å². The van der Waals surface area contributed by atoms with Gasteiger partial charge < -0.3 is 14.6 Å². The monoisotopic (exact) mass is 270 g/mol. The fourth-order valence-corrected chi connectivity index (χ4v) is 2.73. The third-order valence-electron chi connectivity index (χ3n) is 4.31. The topological polar surface area (TPSA) is 26.2 Å². The van der Waals surface area contributed by atoms with E-state index >= 15 is 0 Å². The van der Waals surface area contributed by atoms with E-state index in [1.54, 1.807) is 0 Å². The van der Waals surface area contributed by atoms with Gasteiger partial charge >= 0.3 is 0 Å². The van der Waals surface area contributed by atoms with Crippen LogP contribution >= 0.6 is 0 Å². The fourth-order valence-electron chi connectivity index (χ4n) is 2.73. The molecule has 106 valence electrons. The van der Waals surface area contributed by atoms with Gasteiger partial charge in [0.2, 0.25) is 0 Å². The first-order chi connectivity index (χ1) is 9.90. The quantitative estimate of drug-likeness (QED) is 0.835. The Hall–Kier alpha value is -1.32. The predicted octanol–water partition coefficient (Wildman–Crippen LogP) is 3.28. The summed E-state index contributed by atoms with van der Waals surface area (Å²) in [6.07, 6.45) is 7.52. The number of hydrogen-bond acceptors (Lipinski definition) is 2. The summed E-state index contributed by atoms with van der Waals surface area (Å²) in [4.78, 5) is 0. The molecule has 1 N–H and O–H groups in total. The van der Waals surface area contributed by atoms with Gasteiger partial charge in [-0.05, 0) is 48.6 Å². The Balaban J connectivity index is 1.51. The molecule has 0 unspecified atom stereocenters. The first-order valence-corrected chi connectivity index (χ1v) is 7.78. The lowest BCUT2D eigenvalue weighted by Gasteiger charge is -2.11. The van der Waals surface area contributed by atoms with Crippen molar-refractivity contribution in [2.75, 3.05) is 6.61 Å². The Morgan fingerprint density at radius 2 is 2.05 bits per heavy atom. The fraction of sp³-hybridized carbons (Fsp3) is 0.529. The van der Waals surface area contributed by atoms with Crippen molar-refractivity contribution in [3.8, 4) is 0 Å². The SMILES string of the molecule is c1cc(CNC2CC2)c2c(c1)ccn2COCC1CC1. The molecule has 4 rings (SSSR count). The van der Waals surface area contributed by atoms with Crippen molar-refractivity contribution in [3.05, 3.63) is 36.0 Å². The zero-order chi connectivity index (χ0) is 13.4. The Bertz CT molecular complexity index is 596. The third-order valence-corrected chi connectivity index (χ3v) is 4.31. The number of aromatic nitrogens is 1. The first kappa shape index (κ1) is 12.4. The molecule has 1 aromatic carbocycles. The van der Waals surface area contributed by atoms with Gasteiger partial charge in [0.05, 0.1) is 12.1 Å². The lowest BCUT2D eigenvalue weighted by Crippen LogP contribution is -2.16. The maximum atomic E-state index is 5.85. The van der Waals surface area contributed by atoms with Crippen molar-refractivity contribution in [1.29, 1.82) is 0 Å². The second kappa shape index (κ2) is 5.23. The third kappa shape index (κ3) is 2.74. The first-order valence-electron chi connectivity index (χ1n) is 7.78. The number of nitrogens with one attached hydrogen (secondary N) is 1. The summed E-state index contributed by atoms with van der Waals surface area (Å²) in [5.41, 5.74) is 2.71. The van der Waals surface area contributed by atoms with Gasteiger partial charge in [-0.15, -0.1) is 0 Å². The van der Waals surface area contributed by atoms with Crippen LogP contribution in [0.4, 0.5) is 0 Å². The molecular formula is C17H22N2O. The number of ether oxygens (including phenoxy) is 1. The maximum Gasteiger partial charge on any atom is 0.122 e. The number of para-hydroxylation sites is 1. The Kier molecular flexibility index (Phi) is 3.25. The summed E-state index contributed by atoms with van der Waals surface area (Å²) < 4.78 is 8.10. The number of fused-ring (bicyclic) bond motifs is 1. The van der Waals surface area contributed by atoms with Crippen LogP contribution in [0.3, 0.4) is 0 Å². The summed E-state index contributed by atoms with van der Waals surface area (Å²) in [7, 11) is 0. The lowest BCUT2D eigenvalue weighted by atomic mass is 10.1. The molecule has 0 saturated heterocycles. The molecule has 2 aliphatic carbocycles. The molecule has 3 nitrogen and oxygen atoms in total. The van der Waals surface area contributed by atoms with Crippen molar-refractivity contribution < 1.29 is 4.74 Å². The van der Waals surface area contributed by atoms with Crippen molar-refractivity contribution in [2.24, 2.45) is 5.92 Å². The van der Waals surface area contributed by atoms with Crippen molar-refractivity contribution in [3.63, 3.8) is 0 Å². The van der Waals surface area contributed by atoms with E-state index in [4.69, 9.17) is 4.74 Å². The van der Waals surface area contributed by atoms with E-state index in [2.05, 4.69) is 40.3 Å². The molecule has 0 bridgehead atoms. The zero-order valence-corrected chi connectivity index (χ0v) is 11.8. The number of benzene rings is 1. The highest BCUT2D eigenvalue weighted by molar-refractivity contribution is 5.83. The predicted molar refractivity (Wildman–Crippen MR) is 80.5 cm³/mol. The minimum atomic E-state index is 0.681. The molecule has 0 aliphatic heterocycles. The van der Waals surface area contributed by atoms with Crippen LogP contribution in [0, 0.1) is 5.92 Å². The highest BCUT2D eigenvalue weighted by atomic mass is 16.5. The van der Waals surface area contributed by atoms with Gasteiger partial charge in [0.1, 0.15) is 6.73 Å². The maximum absolute atomic E-state index is 5.85. The Labute approximate surface area is 119 Å². The van der Waals surface area contributed by atoms with E-state index in [0.29, 0.717) is 6.73 Å². The van der Waals surface area contributed by atoms with Gasteiger partial charge in [-0.25, -0.2) is 0 Å². The molecule has 2 saturated carbocycles. The van der Waals surface area contributed by atoms with Crippen LogP contribution in [0.2, 0.25) is 0 Å². The van der Waals surface area contributed by atoms with E-state index in [9.17, 15) is 0 Å². The van der Waals surface area contributed by atoms with Crippen molar-refractivity contribution >= 4 is 10.9 Å². The molecule has 3 heteroatoms. The average Bonchev–Trinajstić information content (AvgIpc) is 3.37. The summed E-state index contributed by atoms with van der Waals surface area (Å²) in [5.74, 6) is 0.827. The molecule has 20 heavy (non-hydrogen) atoms. The standard InChI is InChI=1S/C17H22N2O/c1-2-14-8-9-19(12-20-11-13-4-5-13)17(14)15(3-1)10-18-16-6-7-16/h1-3,8-9,13,16,18H,4-7,10-12H2. The zero-order valence-electron chi connectivity index (χ0n) is 11.8. The Morgan fingerprint density at radius 3 is 2.85 bits per heavy atom. The number of nitrogens with zero attached hydrogens (tertiary/aromatic N) is 1. The Morgan fingerprint density at radius 1 is 1.15 bits per heavy atom. The van der Waals surface area contributed by atoms with Crippen LogP contribution in [0.15, 0.2) is 30.5 Å². The van der Waals surface area contributed by atoms with E-state index in [-0.39, 0.29) is 0 Å². The largest absolute Gasteiger partial charge is 0.360 e. The van der Waals surface area contributed by atoms with Gasteiger partial charge in [0, 0.05) is 18.8 Å². The van der Waals surface area contributed by atoms with Crippen LogP contribution < -0.4 is 5.32 Å². The van der Waals surface area contributed by atoms with Gasteiger partial charge in [0.15, 0.2) is 0 Å². The van der Waals surface area contributed by atoms with Gasteiger partial charge in [0.25, 0.3) is 0 Å². The van der Waals surface area contributed by atoms with E-state index in [1.807, 2.05) is 0 Å². The molecule has 0 spiro atoms. The number of rotatable bonds is 7. The van der Waals surface area contributed by atoms with E-state index in [0.717, 1.165) is 25.1 Å². The summed E-state index contributed by atoms with van der Waals surface area (Å²) >= 11 is 0. The number of hydrogen-bond donors (Lipinski definition) is 1. The van der Waals surface area contributed by atoms with E-state index < -0.39 is 0 Å². The second-order valence-electron chi connectivity index (χ2n) is 6.24. The van der Waals surface area contributed by atoms with Crippen LogP contribution in [-0.4, -0.2) is 17.2 Å². The highest BCUT2D eigenvalue weighted by Gasteiger charge is 2.22. The lowest BCUT2D eigenvalue weighted by molar-refractivity contribution is 0.0717. The summed E-state index contributed by atoms with van der Waals surface area (Å²) in [6.45, 7) is 2.57. The van der Waals surface area contributed by atoms with E-state index in [1.165, 1.54) is 42.1 Å². The van der Waals surface area contributed by atoms with Crippen molar-refractivity contribution in [2.45, 2.75) is 45.0 Å². The van der Waals surface area contributed by atoms with Crippen LogP contribution in [0.25, 0.3) is 10.9 Å². The second-order valence-corrected chi connectivity index (χ2v) is 6.24. The average molecular weight is 270 g/mol. The van der Waals surface area contributed by atoms with Crippen LogP contribution in [0.5, 0.6) is 0 Å². The molecule has 2 aromatic rings. The molecule has 0 amide bonds.